The Morgan fingerprint density at radius 2 is 1.89 bits per heavy atom. The van der Waals surface area contributed by atoms with Crippen LogP contribution in [0, 0.1) is 6.92 Å². The summed E-state index contributed by atoms with van der Waals surface area (Å²) in [6, 6.07) is 9.58. The maximum atomic E-state index is 13.2. The van der Waals surface area contributed by atoms with Crippen LogP contribution in [0.2, 0.25) is 0 Å². The van der Waals surface area contributed by atoms with Gasteiger partial charge in [-0.2, -0.15) is 18.2 Å². The third kappa shape index (κ3) is 6.92. The Hall–Kier alpha value is -4.30. The van der Waals surface area contributed by atoms with Gasteiger partial charge in [-0.25, -0.2) is 4.79 Å². The summed E-state index contributed by atoms with van der Waals surface area (Å²) < 4.78 is 43.9. The van der Waals surface area contributed by atoms with Crippen molar-refractivity contribution >= 4 is 23.7 Å². The quantitative estimate of drug-likeness (QED) is 0.106. The van der Waals surface area contributed by atoms with Gasteiger partial charge >= 0.3 is 12.1 Å². The number of amides is 1. The Morgan fingerprint density at radius 3 is 2.47 bits per heavy atom. The van der Waals surface area contributed by atoms with Crippen LogP contribution in [0.15, 0.2) is 40.3 Å². The first kappa shape index (κ1) is 28.3. The van der Waals surface area contributed by atoms with Crippen molar-refractivity contribution < 1.29 is 32.3 Å². The third-order valence-corrected chi connectivity index (χ3v) is 6.07. The molecule has 1 aromatic heterocycles. The molecule has 1 aromatic carbocycles. The van der Waals surface area contributed by atoms with Gasteiger partial charge in [-0.1, -0.05) is 36.8 Å². The first-order valence-electron chi connectivity index (χ1n) is 11.6. The molecule has 6 N–H and O–H groups in total. The highest BCUT2D eigenvalue weighted by Gasteiger charge is 2.42. The molecule has 0 aliphatic heterocycles. The van der Waals surface area contributed by atoms with E-state index >= 15 is 0 Å². The summed E-state index contributed by atoms with van der Waals surface area (Å²) in [4.78, 5) is 45.8. The number of hydrogen-bond donors (Lipinski definition) is 4. The van der Waals surface area contributed by atoms with E-state index in [1.165, 1.54) is 6.92 Å². The van der Waals surface area contributed by atoms with Crippen LogP contribution >= 0.6 is 0 Å². The van der Waals surface area contributed by atoms with E-state index in [9.17, 15) is 27.6 Å². The van der Waals surface area contributed by atoms with Gasteiger partial charge in [0.25, 0.3) is 5.56 Å². The molecular weight excluding hydrogens is 511 g/mol. The summed E-state index contributed by atoms with van der Waals surface area (Å²) >= 11 is 0. The normalized spacial score (nSPS) is 14.1. The molecule has 206 valence electrons. The number of ether oxygens (including phenoxy) is 1. The number of alkyl halides is 3. The number of oxime groups is 1. The molecule has 15 heteroatoms. The highest BCUT2D eigenvalue weighted by Crippen LogP contribution is 2.43. The number of carbonyl (C=O) groups excluding carboxylic acids is 2. The van der Waals surface area contributed by atoms with Gasteiger partial charge in [0.2, 0.25) is 17.7 Å². The summed E-state index contributed by atoms with van der Waals surface area (Å²) in [5, 5.41) is 8.65. The Morgan fingerprint density at radius 1 is 1.21 bits per heavy atom. The molecular formula is C23H28F3N7O5. The number of rotatable bonds is 11. The summed E-state index contributed by atoms with van der Waals surface area (Å²) in [5.74, 6) is -4.60. The Balaban J connectivity index is 1.85. The van der Waals surface area contributed by atoms with Crippen LogP contribution in [0.3, 0.4) is 0 Å². The molecule has 1 aliphatic carbocycles. The largest absolute Gasteiger partial charge is 0.491 e. The van der Waals surface area contributed by atoms with Crippen molar-refractivity contribution in [3.8, 4) is 5.88 Å². The molecule has 3 rings (SSSR count). The molecule has 0 bridgehead atoms. The number of halogens is 3. The van der Waals surface area contributed by atoms with Gasteiger partial charge in [0.05, 0.1) is 12.2 Å². The second-order valence-corrected chi connectivity index (χ2v) is 8.68. The predicted molar refractivity (Wildman–Crippen MR) is 130 cm³/mol. The molecule has 38 heavy (non-hydrogen) atoms. The lowest BCUT2D eigenvalue weighted by Gasteiger charge is -2.42. The van der Waals surface area contributed by atoms with E-state index in [2.05, 4.69) is 25.5 Å². The van der Waals surface area contributed by atoms with E-state index in [1.807, 2.05) is 30.3 Å². The number of guanidine groups is 1. The zero-order valence-corrected chi connectivity index (χ0v) is 20.5. The molecule has 12 nitrogen and oxygen atoms in total. The number of nitrogens with zero attached hydrogens (tertiary/aromatic N) is 3. The number of aromatic nitrogens is 2. The Kier molecular flexibility index (Phi) is 8.80. The van der Waals surface area contributed by atoms with Crippen LogP contribution in [0.5, 0.6) is 5.88 Å². The highest BCUT2D eigenvalue weighted by atomic mass is 19.4. The molecule has 1 saturated carbocycles. The zero-order valence-electron chi connectivity index (χ0n) is 20.5. The number of nitrogens with one attached hydrogen (secondary N) is 2. The van der Waals surface area contributed by atoms with Crippen molar-refractivity contribution in [3.63, 3.8) is 0 Å². The summed E-state index contributed by atoms with van der Waals surface area (Å²) in [6.45, 7) is 0.753. The van der Waals surface area contributed by atoms with E-state index in [0.717, 1.165) is 29.4 Å². The van der Waals surface area contributed by atoms with Crippen molar-refractivity contribution in [2.75, 3.05) is 25.0 Å². The summed E-state index contributed by atoms with van der Waals surface area (Å²) in [7, 11) is 0. The number of nitrogens with two attached hydrogens (primary N) is 2. The number of anilines is 1. The molecule has 1 aliphatic rings. The van der Waals surface area contributed by atoms with Gasteiger partial charge in [-0.05, 0) is 30.5 Å². The second kappa shape index (κ2) is 11.8. The van der Waals surface area contributed by atoms with E-state index in [4.69, 9.17) is 16.3 Å². The Bertz CT molecular complexity index is 1240. The van der Waals surface area contributed by atoms with Crippen molar-refractivity contribution in [1.82, 2.24) is 14.9 Å². The van der Waals surface area contributed by atoms with Crippen molar-refractivity contribution in [3.05, 3.63) is 51.9 Å². The fourth-order valence-corrected chi connectivity index (χ4v) is 3.95. The minimum Gasteiger partial charge on any atom is -0.399 e. The average molecular weight is 540 g/mol. The molecule has 0 unspecified atom stereocenters. The van der Waals surface area contributed by atoms with Crippen molar-refractivity contribution in [2.24, 2.45) is 16.6 Å². The molecule has 0 radical (unpaired) electrons. The third-order valence-electron chi connectivity index (χ3n) is 6.07. The lowest BCUT2D eigenvalue weighted by atomic mass is 9.64. The standard InChI is InChI=1S/C23H28F3N7O5/c1-14-18(38-20(36)23(24,25)26)31-17(30-13-22(8-5-9-22)15-6-3-2-4-7-15)19(35)33(14)12-16(34)29-10-11-37-32-21(27)28/h2-4,6-7H,5,8-13H2,1H3,(H,29,34)(H,30,31)(H4,27,28,32). The fraction of sp³-hybridized carbons (Fsp3) is 0.435. The summed E-state index contributed by atoms with van der Waals surface area (Å²) in [5.41, 5.74) is 9.95. The maximum Gasteiger partial charge on any atom is 0.491 e. The van der Waals surface area contributed by atoms with Crippen molar-refractivity contribution in [1.29, 1.82) is 0 Å². The van der Waals surface area contributed by atoms with E-state index in [0.29, 0.717) is 0 Å². The second-order valence-electron chi connectivity index (χ2n) is 8.68. The van der Waals surface area contributed by atoms with Crippen LogP contribution in [0.25, 0.3) is 0 Å². The van der Waals surface area contributed by atoms with Gasteiger partial charge in [-0.15, -0.1) is 0 Å². The molecule has 2 aromatic rings. The van der Waals surface area contributed by atoms with Gasteiger partial charge in [0.15, 0.2) is 5.82 Å². The number of benzene rings is 1. The highest BCUT2D eigenvalue weighted by molar-refractivity contribution is 5.78. The molecule has 1 fully saturated rings. The number of esters is 1. The van der Waals surface area contributed by atoms with Crippen LogP contribution in [-0.2, 0) is 26.4 Å². The lowest BCUT2D eigenvalue weighted by Crippen LogP contribution is -2.43. The van der Waals surface area contributed by atoms with Gasteiger partial charge in [0.1, 0.15) is 13.2 Å². The molecule has 1 heterocycles. The first-order chi connectivity index (χ1) is 17.9. The van der Waals surface area contributed by atoms with E-state index in [1.54, 1.807) is 0 Å². The fourth-order valence-electron chi connectivity index (χ4n) is 3.95. The monoisotopic (exact) mass is 539 g/mol. The molecule has 1 amide bonds. The lowest BCUT2D eigenvalue weighted by molar-refractivity contribution is -0.190. The number of hydrogen-bond acceptors (Lipinski definition) is 8. The van der Waals surface area contributed by atoms with Gasteiger partial charge < -0.3 is 31.7 Å². The zero-order chi connectivity index (χ0) is 27.9. The smallest absolute Gasteiger partial charge is 0.399 e. The maximum absolute atomic E-state index is 13.2. The first-order valence-corrected chi connectivity index (χ1v) is 11.6. The molecule has 0 atom stereocenters. The molecule has 0 saturated heterocycles. The van der Waals surface area contributed by atoms with Crippen LogP contribution in [-0.4, -0.2) is 53.3 Å². The SMILES string of the molecule is Cc1c(OC(=O)C(F)(F)F)nc(NCC2(c3ccccc3)CCC2)c(=O)n1CC(=O)NCCON=C(N)N. The minimum atomic E-state index is -5.29. The predicted octanol–water partition coefficient (Wildman–Crippen LogP) is 0.874. The minimum absolute atomic E-state index is 0.0326. The van der Waals surface area contributed by atoms with E-state index < -0.39 is 36.0 Å². The van der Waals surface area contributed by atoms with Crippen LogP contribution in [0.1, 0.15) is 30.5 Å². The van der Waals surface area contributed by atoms with Gasteiger partial charge in [0, 0.05) is 12.0 Å². The summed E-state index contributed by atoms with van der Waals surface area (Å²) in [6.07, 6.45) is -2.68. The van der Waals surface area contributed by atoms with Crippen LogP contribution in [0.4, 0.5) is 19.0 Å². The Labute approximate surface area is 215 Å². The van der Waals surface area contributed by atoms with Crippen LogP contribution < -0.4 is 32.4 Å². The average Bonchev–Trinajstić information content (AvgIpc) is 2.83. The number of carbonyl (C=O) groups is 2. The molecule has 0 spiro atoms. The van der Waals surface area contributed by atoms with Crippen molar-refractivity contribution in [2.45, 2.75) is 44.3 Å². The van der Waals surface area contributed by atoms with Gasteiger partial charge in [-0.3, -0.25) is 14.2 Å². The topological polar surface area (TPSA) is 176 Å². The van der Waals surface area contributed by atoms with E-state index in [-0.39, 0.29) is 42.6 Å².